The number of rotatable bonds is 5. The molecule has 1 atom stereocenters. The van der Waals surface area contributed by atoms with Gasteiger partial charge in [0, 0.05) is 44.3 Å². The smallest absolute Gasteiger partial charge is 0.253 e. The maximum atomic E-state index is 12.6. The normalized spacial score (nSPS) is 16.7. The van der Waals surface area contributed by atoms with Crippen molar-refractivity contribution in [1.82, 2.24) is 15.2 Å². The molecular formula is C18H22N4O2S. The summed E-state index contributed by atoms with van der Waals surface area (Å²) in [5.74, 6) is 0.00164. The largest absolute Gasteiger partial charge is 0.350 e. The Hall–Kier alpha value is -2.41. The molecule has 1 aliphatic heterocycles. The Kier molecular flexibility index (Phi) is 5.33. The van der Waals surface area contributed by atoms with Gasteiger partial charge in [-0.15, -0.1) is 11.3 Å². The first-order valence-electron chi connectivity index (χ1n) is 8.30. The second-order valence-electron chi connectivity index (χ2n) is 6.28. The number of hydrogen-bond donors (Lipinski definition) is 1. The van der Waals surface area contributed by atoms with Crippen molar-refractivity contribution >= 4 is 28.3 Å². The Bertz CT molecular complexity index is 728. The van der Waals surface area contributed by atoms with Crippen molar-refractivity contribution in [2.24, 2.45) is 0 Å². The highest BCUT2D eigenvalue weighted by Gasteiger charge is 2.31. The summed E-state index contributed by atoms with van der Waals surface area (Å²) in [6.07, 6.45) is 3.62. The van der Waals surface area contributed by atoms with Crippen LogP contribution in [-0.4, -0.2) is 48.4 Å². The Morgan fingerprint density at radius 1 is 1.32 bits per heavy atom. The van der Waals surface area contributed by atoms with Crippen LogP contribution >= 0.6 is 11.3 Å². The Balaban J connectivity index is 1.58. The van der Waals surface area contributed by atoms with Gasteiger partial charge in [0.2, 0.25) is 5.91 Å². The molecule has 1 fully saturated rings. The van der Waals surface area contributed by atoms with Crippen molar-refractivity contribution in [1.29, 1.82) is 0 Å². The van der Waals surface area contributed by atoms with Gasteiger partial charge in [-0.1, -0.05) is 12.1 Å². The molecule has 0 spiro atoms. The molecule has 0 bridgehead atoms. The van der Waals surface area contributed by atoms with Gasteiger partial charge in [0.25, 0.3) is 5.91 Å². The number of benzene rings is 1. The number of anilines is 1. The number of nitrogens with one attached hydrogen (secondary N) is 1. The lowest BCUT2D eigenvalue weighted by Gasteiger charge is -2.23. The first-order valence-corrected chi connectivity index (χ1v) is 9.18. The van der Waals surface area contributed by atoms with Crippen LogP contribution in [0.1, 0.15) is 28.8 Å². The molecule has 0 aliphatic carbocycles. The van der Waals surface area contributed by atoms with E-state index < -0.39 is 0 Å². The van der Waals surface area contributed by atoms with Gasteiger partial charge in [0.15, 0.2) is 5.13 Å². The Morgan fingerprint density at radius 3 is 2.72 bits per heavy atom. The molecule has 2 heterocycles. The van der Waals surface area contributed by atoms with Crippen LogP contribution in [0.15, 0.2) is 35.8 Å². The molecule has 0 radical (unpaired) electrons. The first-order chi connectivity index (χ1) is 12.1. The number of hydrogen-bond acceptors (Lipinski definition) is 5. The number of amides is 2. The Labute approximate surface area is 151 Å². The second-order valence-corrected chi connectivity index (χ2v) is 7.15. The average Bonchev–Trinajstić information content (AvgIpc) is 3.30. The van der Waals surface area contributed by atoms with Gasteiger partial charge in [-0.05, 0) is 30.5 Å². The number of nitrogens with zero attached hydrogens (tertiary/aromatic N) is 3. The van der Waals surface area contributed by atoms with Gasteiger partial charge in [0.05, 0.1) is 0 Å². The number of aromatic nitrogens is 1. The van der Waals surface area contributed by atoms with E-state index >= 15 is 0 Å². The molecule has 3 rings (SSSR count). The summed E-state index contributed by atoms with van der Waals surface area (Å²) in [6, 6.07) is 7.19. The second kappa shape index (κ2) is 7.65. The zero-order valence-electron chi connectivity index (χ0n) is 14.4. The summed E-state index contributed by atoms with van der Waals surface area (Å²) < 4.78 is 0. The van der Waals surface area contributed by atoms with Crippen LogP contribution in [0.2, 0.25) is 0 Å². The summed E-state index contributed by atoms with van der Waals surface area (Å²) in [5.41, 5.74) is 1.62. The van der Waals surface area contributed by atoms with E-state index in [-0.39, 0.29) is 17.9 Å². The minimum Gasteiger partial charge on any atom is -0.350 e. The van der Waals surface area contributed by atoms with Crippen LogP contribution in [0.4, 0.5) is 5.13 Å². The minimum absolute atomic E-state index is 0.0272. The van der Waals surface area contributed by atoms with Crippen LogP contribution in [-0.2, 0) is 11.3 Å². The fourth-order valence-electron chi connectivity index (χ4n) is 2.96. The predicted octanol–water partition coefficient (Wildman–Crippen LogP) is 2.13. The van der Waals surface area contributed by atoms with Crippen molar-refractivity contribution < 1.29 is 9.59 Å². The molecule has 1 aromatic carbocycles. The standard InChI is InChI=1S/C18H22N4O2S/c1-21(2)17(24)14-7-5-13(6-8-14)12-20-16(23)15-4-3-10-22(15)18-19-9-11-25-18/h5-9,11,15H,3-4,10,12H2,1-2H3,(H,20,23). The fourth-order valence-corrected chi connectivity index (χ4v) is 3.68. The monoisotopic (exact) mass is 358 g/mol. The van der Waals surface area contributed by atoms with E-state index in [1.165, 1.54) is 0 Å². The molecule has 1 unspecified atom stereocenters. The third kappa shape index (κ3) is 3.99. The van der Waals surface area contributed by atoms with E-state index in [9.17, 15) is 9.59 Å². The highest BCUT2D eigenvalue weighted by Crippen LogP contribution is 2.27. The van der Waals surface area contributed by atoms with E-state index in [1.807, 2.05) is 17.5 Å². The van der Waals surface area contributed by atoms with Gasteiger partial charge in [-0.25, -0.2) is 4.98 Å². The van der Waals surface area contributed by atoms with Crippen LogP contribution in [0.5, 0.6) is 0 Å². The molecule has 6 nitrogen and oxygen atoms in total. The van der Waals surface area contributed by atoms with Gasteiger partial charge in [0.1, 0.15) is 6.04 Å². The molecule has 1 saturated heterocycles. The van der Waals surface area contributed by atoms with Gasteiger partial charge in [-0.3, -0.25) is 9.59 Å². The molecular weight excluding hydrogens is 336 g/mol. The Morgan fingerprint density at radius 2 is 2.08 bits per heavy atom. The van der Waals surface area contributed by atoms with E-state index in [0.717, 1.165) is 30.1 Å². The van der Waals surface area contributed by atoms with Crippen molar-refractivity contribution in [3.63, 3.8) is 0 Å². The van der Waals surface area contributed by atoms with Crippen molar-refractivity contribution in [3.05, 3.63) is 47.0 Å². The van der Waals surface area contributed by atoms with Crippen molar-refractivity contribution in [3.8, 4) is 0 Å². The zero-order valence-corrected chi connectivity index (χ0v) is 15.3. The zero-order chi connectivity index (χ0) is 17.8. The van der Waals surface area contributed by atoms with Crippen molar-refractivity contribution in [2.75, 3.05) is 25.5 Å². The highest BCUT2D eigenvalue weighted by molar-refractivity contribution is 7.13. The average molecular weight is 358 g/mol. The quantitative estimate of drug-likeness (QED) is 0.889. The van der Waals surface area contributed by atoms with Crippen LogP contribution < -0.4 is 10.2 Å². The molecule has 1 aliphatic rings. The molecule has 1 N–H and O–H groups in total. The molecule has 1 aromatic heterocycles. The van der Waals surface area contributed by atoms with Crippen LogP contribution in [0, 0.1) is 0 Å². The molecule has 132 valence electrons. The summed E-state index contributed by atoms with van der Waals surface area (Å²) in [6.45, 7) is 1.32. The summed E-state index contributed by atoms with van der Waals surface area (Å²) in [7, 11) is 3.46. The van der Waals surface area contributed by atoms with Crippen LogP contribution in [0.25, 0.3) is 0 Å². The lowest BCUT2D eigenvalue weighted by Crippen LogP contribution is -2.43. The maximum absolute atomic E-state index is 12.6. The number of carbonyl (C=O) groups excluding carboxylic acids is 2. The topological polar surface area (TPSA) is 65.5 Å². The van der Waals surface area contributed by atoms with Crippen molar-refractivity contribution in [2.45, 2.75) is 25.4 Å². The fraction of sp³-hybridized carbons (Fsp3) is 0.389. The summed E-state index contributed by atoms with van der Waals surface area (Å²) >= 11 is 1.56. The van der Waals surface area contributed by atoms with Gasteiger partial charge >= 0.3 is 0 Å². The lowest BCUT2D eigenvalue weighted by atomic mass is 10.1. The first kappa shape index (κ1) is 17.4. The third-order valence-corrected chi connectivity index (χ3v) is 5.10. The molecule has 7 heteroatoms. The lowest BCUT2D eigenvalue weighted by molar-refractivity contribution is -0.122. The minimum atomic E-state index is -0.152. The van der Waals surface area contributed by atoms with E-state index in [1.54, 1.807) is 48.7 Å². The summed E-state index contributed by atoms with van der Waals surface area (Å²) in [5, 5.41) is 5.84. The maximum Gasteiger partial charge on any atom is 0.253 e. The third-order valence-electron chi connectivity index (χ3n) is 4.29. The molecule has 2 aromatic rings. The summed E-state index contributed by atoms with van der Waals surface area (Å²) in [4.78, 5) is 32.4. The molecule has 2 amide bonds. The van der Waals surface area contributed by atoms with E-state index in [4.69, 9.17) is 0 Å². The molecule has 0 saturated carbocycles. The highest BCUT2D eigenvalue weighted by atomic mass is 32.1. The number of carbonyl (C=O) groups is 2. The van der Waals surface area contributed by atoms with Crippen LogP contribution in [0.3, 0.4) is 0 Å². The van der Waals surface area contributed by atoms with E-state index in [2.05, 4.69) is 15.2 Å². The molecule has 25 heavy (non-hydrogen) atoms. The van der Waals surface area contributed by atoms with E-state index in [0.29, 0.717) is 12.1 Å². The van der Waals surface area contributed by atoms with Gasteiger partial charge in [-0.2, -0.15) is 0 Å². The van der Waals surface area contributed by atoms with Gasteiger partial charge < -0.3 is 15.1 Å². The number of thiazole rings is 1. The predicted molar refractivity (Wildman–Crippen MR) is 98.8 cm³/mol. The SMILES string of the molecule is CN(C)C(=O)c1ccc(CNC(=O)C2CCCN2c2nccs2)cc1.